The van der Waals surface area contributed by atoms with Crippen molar-refractivity contribution in [2.24, 2.45) is 5.92 Å². The molecule has 3 rings (SSSR count). The lowest BCUT2D eigenvalue weighted by molar-refractivity contribution is 0.234. The smallest absolute Gasteiger partial charge is 0.234 e. The first-order valence-corrected chi connectivity index (χ1v) is 7.30. The number of rotatable bonds is 3. The molecule has 0 saturated carbocycles. The highest BCUT2D eigenvalue weighted by Crippen LogP contribution is 2.37. The minimum absolute atomic E-state index is 0.0518. The molecule has 4 nitrogen and oxygen atoms in total. The van der Waals surface area contributed by atoms with Crippen molar-refractivity contribution in [3.63, 3.8) is 0 Å². The fraction of sp³-hybridized carbons (Fsp3) is 0.467. The lowest BCUT2D eigenvalue weighted by Crippen LogP contribution is -2.35. The number of nitrogens with zero attached hydrogens (tertiary/aromatic N) is 2. The maximum absolute atomic E-state index is 6.01. The first-order chi connectivity index (χ1) is 9.62. The van der Waals surface area contributed by atoms with Gasteiger partial charge in [-0.25, -0.2) is 0 Å². The molecule has 1 atom stereocenters. The third-order valence-corrected chi connectivity index (χ3v) is 4.46. The van der Waals surface area contributed by atoms with E-state index in [0.717, 1.165) is 31.0 Å². The van der Waals surface area contributed by atoms with Crippen LogP contribution in [0.2, 0.25) is 5.02 Å². The van der Waals surface area contributed by atoms with Gasteiger partial charge >= 0.3 is 0 Å². The summed E-state index contributed by atoms with van der Waals surface area (Å²) >= 11 is 6.01. The fourth-order valence-corrected chi connectivity index (χ4v) is 2.99. The molecule has 1 aliphatic rings. The normalized spacial score (nSPS) is 22.6. The standard InChI is InChI=1S/C15H18ClN3O/c1-10(2)15(6-7-17-9-15)14-18-13(19-20-14)11-4-3-5-12(16)8-11/h3-5,8,10,17H,6-7,9H2,1-2H3. The molecular weight excluding hydrogens is 274 g/mol. The molecule has 0 bridgehead atoms. The van der Waals surface area contributed by atoms with E-state index in [9.17, 15) is 0 Å². The van der Waals surface area contributed by atoms with Gasteiger partial charge in [0.25, 0.3) is 0 Å². The van der Waals surface area contributed by atoms with E-state index in [1.807, 2.05) is 24.3 Å². The van der Waals surface area contributed by atoms with Gasteiger partial charge in [0.2, 0.25) is 11.7 Å². The Morgan fingerprint density at radius 1 is 1.40 bits per heavy atom. The van der Waals surface area contributed by atoms with E-state index >= 15 is 0 Å². The van der Waals surface area contributed by atoms with Gasteiger partial charge in [0, 0.05) is 17.1 Å². The maximum Gasteiger partial charge on any atom is 0.234 e. The molecule has 1 unspecified atom stereocenters. The number of halogens is 1. The lowest BCUT2D eigenvalue weighted by atomic mass is 9.76. The number of aromatic nitrogens is 2. The van der Waals surface area contributed by atoms with Crippen LogP contribution >= 0.6 is 11.6 Å². The van der Waals surface area contributed by atoms with Crippen molar-refractivity contribution in [1.29, 1.82) is 0 Å². The van der Waals surface area contributed by atoms with E-state index in [2.05, 4.69) is 29.3 Å². The zero-order valence-electron chi connectivity index (χ0n) is 11.7. The summed E-state index contributed by atoms with van der Waals surface area (Å²) in [5.41, 5.74) is 0.835. The van der Waals surface area contributed by atoms with Gasteiger partial charge in [-0.05, 0) is 31.0 Å². The maximum atomic E-state index is 6.01. The summed E-state index contributed by atoms with van der Waals surface area (Å²) in [6.07, 6.45) is 1.03. The van der Waals surface area contributed by atoms with E-state index in [1.54, 1.807) is 0 Å². The molecule has 106 valence electrons. The van der Waals surface area contributed by atoms with Gasteiger partial charge in [-0.15, -0.1) is 0 Å². The Bertz CT molecular complexity index is 603. The average molecular weight is 292 g/mol. The molecule has 20 heavy (non-hydrogen) atoms. The minimum atomic E-state index is -0.0518. The van der Waals surface area contributed by atoms with Gasteiger partial charge in [-0.2, -0.15) is 4.98 Å². The zero-order valence-corrected chi connectivity index (χ0v) is 12.4. The third-order valence-electron chi connectivity index (χ3n) is 4.23. The Morgan fingerprint density at radius 2 is 2.25 bits per heavy atom. The average Bonchev–Trinajstić information content (AvgIpc) is 3.08. The summed E-state index contributed by atoms with van der Waals surface area (Å²) in [6.45, 7) is 6.29. The summed E-state index contributed by atoms with van der Waals surface area (Å²) < 4.78 is 5.56. The van der Waals surface area contributed by atoms with Crippen molar-refractivity contribution >= 4 is 11.6 Å². The quantitative estimate of drug-likeness (QED) is 0.943. The largest absolute Gasteiger partial charge is 0.338 e. The Kier molecular flexibility index (Phi) is 3.52. The van der Waals surface area contributed by atoms with Crippen LogP contribution in [0, 0.1) is 5.92 Å². The van der Waals surface area contributed by atoms with Crippen molar-refractivity contribution in [2.45, 2.75) is 25.7 Å². The summed E-state index contributed by atoms with van der Waals surface area (Å²) in [6, 6.07) is 7.52. The number of nitrogens with one attached hydrogen (secondary N) is 1. The van der Waals surface area contributed by atoms with Crippen LogP contribution in [0.15, 0.2) is 28.8 Å². The summed E-state index contributed by atoms with van der Waals surface area (Å²) in [7, 11) is 0. The van der Waals surface area contributed by atoms with Gasteiger partial charge < -0.3 is 9.84 Å². The highest BCUT2D eigenvalue weighted by molar-refractivity contribution is 6.30. The van der Waals surface area contributed by atoms with Crippen molar-refractivity contribution < 1.29 is 4.52 Å². The third kappa shape index (κ3) is 2.23. The molecule has 1 N–H and O–H groups in total. The van der Waals surface area contributed by atoms with Crippen molar-refractivity contribution in [3.05, 3.63) is 35.2 Å². The molecule has 1 saturated heterocycles. The van der Waals surface area contributed by atoms with Crippen molar-refractivity contribution in [3.8, 4) is 11.4 Å². The molecule has 1 aliphatic heterocycles. The molecule has 0 spiro atoms. The lowest BCUT2D eigenvalue weighted by Gasteiger charge is -2.27. The highest BCUT2D eigenvalue weighted by Gasteiger charge is 2.43. The summed E-state index contributed by atoms with van der Waals surface area (Å²) in [5, 5.41) is 8.21. The van der Waals surface area contributed by atoms with E-state index in [-0.39, 0.29) is 5.41 Å². The second kappa shape index (κ2) is 5.19. The number of benzene rings is 1. The molecule has 1 fully saturated rings. The number of hydrogen-bond acceptors (Lipinski definition) is 4. The Labute approximate surface area is 123 Å². The Hall–Kier alpha value is -1.39. The molecule has 0 amide bonds. The van der Waals surface area contributed by atoms with E-state index in [4.69, 9.17) is 16.1 Å². The zero-order chi connectivity index (χ0) is 14.2. The topological polar surface area (TPSA) is 51.0 Å². The van der Waals surface area contributed by atoms with Crippen LogP contribution in [-0.4, -0.2) is 23.2 Å². The Balaban J connectivity index is 1.97. The molecule has 2 heterocycles. The van der Waals surface area contributed by atoms with Crippen LogP contribution in [0.1, 0.15) is 26.2 Å². The molecule has 1 aromatic carbocycles. The molecule has 5 heteroatoms. The minimum Gasteiger partial charge on any atom is -0.338 e. The van der Waals surface area contributed by atoms with Gasteiger partial charge in [0.1, 0.15) is 0 Å². The molecule has 0 radical (unpaired) electrons. The fourth-order valence-electron chi connectivity index (χ4n) is 2.80. The summed E-state index contributed by atoms with van der Waals surface area (Å²) in [5.74, 6) is 1.78. The molecule has 0 aliphatic carbocycles. The van der Waals surface area contributed by atoms with Gasteiger partial charge in [0.15, 0.2) is 0 Å². The van der Waals surface area contributed by atoms with Gasteiger partial charge in [-0.1, -0.05) is 42.7 Å². The highest BCUT2D eigenvalue weighted by atomic mass is 35.5. The molecular formula is C15H18ClN3O. The molecule has 2 aromatic rings. The first kappa shape index (κ1) is 13.6. The van der Waals surface area contributed by atoms with Crippen molar-refractivity contribution in [1.82, 2.24) is 15.5 Å². The first-order valence-electron chi connectivity index (χ1n) is 6.93. The van der Waals surface area contributed by atoms with Crippen LogP contribution < -0.4 is 5.32 Å². The van der Waals surface area contributed by atoms with Crippen LogP contribution in [0.4, 0.5) is 0 Å². The SMILES string of the molecule is CC(C)C1(c2nc(-c3cccc(Cl)c3)no2)CCNC1. The predicted octanol–water partition coefficient (Wildman–Crippen LogP) is 3.28. The predicted molar refractivity (Wildman–Crippen MR) is 78.7 cm³/mol. The second-order valence-electron chi connectivity index (χ2n) is 5.67. The van der Waals surface area contributed by atoms with Crippen LogP contribution in [0.3, 0.4) is 0 Å². The van der Waals surface area contributed by atoms with E-state index in [0.29, 0.717) is 16.8 Å². The van der Waals surface area contributed by atoms with Crippen LogP contribution in [0.25, 0.3) is 11.4 Å². The molecule has 1 aromatic heterocycles. The van der Waals surface area contributed by atoms with Crippen molar-refractivity contribution in [2.75, 3.05) is 13.1 Å². The van der Waals surface area contributed by atoms with Crippen LogP contribution in [0.5, 0.6) is 0 Å². The van der Waals surface area contributed by atoms with E-state index < -0.39 is 0 Å². The van der Waals surface area contributed by atoms with E-state index in [1.165, 1.54) is 0 Å². The second-order valence-corrected chi connectivity index (χ2v) is 6.11. The van der Waals surface area contributed by atoms with Gasteiger partial charge in [0.05, 0.1) is 5.41 Å². The number of hydrogen-bond donors (Lipinski definition) is 1. The van der Waals surface area contributed by atoms with Crippen LogP contribution in [-0.2, 0) is 5.41 Å². The Morgan fingerprint density at radius 3 is 2.90 bits per heavy atom. The van der Waals surface area contributed by atoms with Gasteiger partial charge in [-0.3, -0.25) is 0 Å². The monoisotopic (exact) mass is 291 g/mol. The summed E-state index contributed by atoms with van der Waals surface area (Å²) in [4.78, 5) is 4.62.